The Bertz CT molecular complexity index is 501. The SMILES string of the molecule is COc1cc(B(O)O)c(F)cc1NC(=O)OC(C)(C)C. The molecule has 0 aromatic heterocycles. The molecule has 3 N–H and O–H groups in total. The topological polar surface area (TPSA) is 88.0 Å². The summed E-state index contributed by atoms with van der Waals surface area (Å²) in [5.74, 6) is -0.799. The lowest BCUT2D eigenvalue weighted by Crippen LogP contribution is -2.33. The maximum atomic E-state index is 13.6. The van der Waals surface area contributed by atoms with Gasteiger partial charge in [0.15, 0.2) is 0 Å². The average Bonchev–Trinajstić information content (AvgIpc) is 2.25. The highest BCUT2D eigenvalue weighted by Gasteiger charge is 2.22. The first-order valence-electron chi connectivity index (χ1n) is 5.87. The van der Waals surface area contributed by atoms with Gasteiger partial charge < -0.3 is 19.5 Å². The number of rotatable bonds is 3. The average molecular weight is 285 g/mol. The van der Waals surface area contributed by atoms with E-state index in [0.717, 1.165) is 12.1 Å². The van der Waals surface area contributed by atoms with Gasteiger partial charge in [0.2, 0.25) is 0 Å². The van der Waals surface area contributed by atoms with E-state index < -0.39 is 24.6 Å². The minimum Gasteiger partial charge on any atom is -0.495 e. The van der Waals surface area contributed by atoms with Crippen LogP contribution in [0.4, 0.5) is 14.9 Å². The molecule has 0 saturated heterocycles. The molecule has 0 heterocycles. The van der Waals surface area contributed by atoms with E-state index in [2.05, 4.69) is 5.32 Å². The van der Waals surface area contributed by atoms with Crippen LogP contribution < -0.4 is 15.5 Å². The van der Waals surface area contributed by atoms with Gasteiger partial charge in [0.25, 0.3) is 0 Å². The fraction of sp³-hybridized carbons (Fsp3) is 0.417. The zero-order valence-electron chi connectivity index (χ0n) is 11.7. The minimum atomic E-state index is -1.97. The molecule has 8 heteroatoms. The van der Waals surface area contributed by atoms with Crippen molar-refractivity contribution in [3.05, 3.63) is 17.9 Å². The molecular formula is C12H17BFNO5. The van der Waals surface area contributed by atoms with Crippen LogP contribution in [0.1, 0.15) is 20.8 Å². The lowest BCUT2D eigenvalue weighted by Gasteiger charge is -2.20. The molecule has 6 nitrogen and oxygen atoms in total. The van der Waals surface area contributed by atoms with Crippen LogP contribution in [0.3, 0.4) is 0 Å². The summed E-state index contributed by atoms with van der Waals surface area (Å²) in [7, 11) is -0.666. The number of anilines is 1. The third kappa shape index (κ3) is 4.39. The number of benzene rings is 1. The molecule has 0 unspecified atom stereocenters. The second-order valence-corrected chi connectivity index (χ2v) is 5.07. The van der Waals surface area contributed by atoms with E-state index in [1.807, 2.05) is 0 Å². The summed E-state index contributed by atoms with van der Waals surface area (Å²) in [6.07, 6.45) is -0.771. The van der Waals surface area contributed by atoms with Gasteiger partial charge in [0, 0.05) is 11.5 Å². The summed E-state index contributed by atoms with van der Waals surface area (Å²) in [6, 6.07) is 2.02. The van der Waals surface area contributed by atoms with Crippen LogP contribution in [0, 0.1) is 5.82 Å². The van der Waals surface area contributed by atoms with Gasteiger partial charge in [-0.1, -0.05) is 0 Å². The number of ether oxygens (including phenoxy) is 2. The van der Waals surface area contributed by atoms with Gasteiger partial charge in [-0.05, 0) is 26.8 Å². The van der Waals surface area contributed by atoms with E-state index in [9.17, 15) is 9.18 Å². The molecule has 0 bridgehead atoms. The van der Waals surface area contributed by atoms with Crippen molar-refractivity contribution in [2.24, 2.45) is 0 Å². The number of nitrogens with one attached hydrogen (secondary N) is 1. The number of methoxy groups -OCH3 is 1. The fourth-order valence-electron chi connectivity index (χ4n) is 1.45. The second-order valence-electron chi connectivity index (χ2n) is 5.07. The summed E-state index contributed by atoms with van der Waals surface area (Å²) >= 11 is 0. The predicted octanol–water partition coefficient (Wildman–Crippen LogP) is 0.861. The lowest BCUT2D eigenvalue weighted by molar-refractivity contribution is 0.0635. The fourth-order valence-corrected chi connectivity index (χ4v) is 1.45. The number of carbonyl (C=O) groups is 1. The summed E-state index contributed by atoms with van der Waals surface area (Å²) in [4.78, 5) is 11.6. The van der Waals surface area contributed by atoms with E-state index >= 15 is 0 Å². The number of amides is 1. The molecule has 0 aliphatic rings. The Kier molecular flexibility index (Phi) is 4.96. The molecule has 110 valence electrons. The second kappa shape index (κ2) is 6.10. The normalized spacial score (nSPS) is 10.9. The molecule has 0 fully saturated rings. The Hall–Kier alpha value is -1.80. The van der Waals surface area contributed by atoms with Crippen LogP contribution in [0.25, 0.3) is 0 Å². The van der Waals surface area contributed by atoms with E-state index in [-0.39, 0.29) is 16.9 Å². The first-order chi connectivity index (χ1) is 9.14. The Balaban J connectivity index is 3.01. The molecule has 0 aliphatic heterocycles. The lowest BCUT2D eigenvalue weighted by atomic mass is 9.79. The van der Waals surface area contributed by atoms with Crippen molar-refractivity contribution in [2.75, 3.05) is 12.4 Å². The van der Waals surface area contributed by atoms with Crippen molar-refractivity contribution in [3.63, 3.8) is 0 Å². The Labute approximate surface area is 116 Å². The molecule has 0 aliphatic carbocycles. The Morgan fingerprint density at radius 3 is 2.40 bits per heavy atom. The maximum absolute atomic E-state index is 13.6. The minimum absolute atomic E-state index is 0.0312. The van der Waals surface area contributed by atoms with Gasteiger partial charge in [-0.25, -0.2) is 9.18 Å². The molecule has 1 aromatic carbocycles. The monoisotopic (exact) mass is 285 g/mol. The summed E-state index contributed by atoms with van der Waals surface area (Å²) in [5.41, 5.74) is -1.02. The highest BCUT2D eigenvalue weighted by atomic mass is 19.1. The molecule has 1 aromatic rings. The van der Waals surface area contributed by atoms with Gasteiger partial charge >= 0.3 is 13.2 Å². The number of carbonyl (C=O) groups excluding carboxylic acids is 1. The molecule has 1 amide bonds. The van der Waals surface area contributed by atoms with Crippen molar-refractivity contribution in [1.82, 2.24) is 0 Å². The molecule has 0 atom stereocenters. The zero-order chi connectivity index (χ0) is 15.5. The van der Waals surface area contributed by atoms with Crippen LogP contribution >= 0.6 is 0 Å². The smallest absolute Gasteiger partial charge is 0.491 e. The van der Waals surface area contributed by atoms with E-state index in [0.29, 0.717) is 0 Å². The summed E-state index contributed by atoms with van der Waals surface area (Å²) in [6.45, 7) is 5.07. The molecule has 1 rings (SSSR count). The molecule has 0 saturated carbocycles. The van der Waals surface area contributed by atoms with Crippen molar-refractivity contribution < 1.29 is 28.7 Å². The highest BCUT2D eigenvalue weighted by molar-refractivity contribution is 6.58. The van der Waals surface area contributed by atoms with Crippen LogP contribution in [0.5, 0.6) is 5.75 Å². The molecule has 0 radical (unpaired) electrons. The molecule has 20 heavy (non-hydrogen) atoms. The van der Waals surface area contributed by atoms with E-state index in [4.69, 9.17) is 19.5 Å². The quantitative estimate of drug-likeness (QED) is 0.717. The first-order valence-corrected chi connectivity index (χ1v) is 5.87. The van der Waals surface area contributed by atoms with Crippen LogP contribution in [-0.4, -0.2) is 36.0 Å². The third-order valence-corrected chi connectivity index (χ3v) is 2.23. The Morgan fingerprint density at radius 2 is 1.95 bits per heavy atom. The maximum Gasteiger partial charge on any atom is 0.491 e. The van der Waals surface area contributed by atoms with Crippen LogP contribution in [-0.2, 0) is 4.74 Å². The van der Waals surface area contributed by atoms with Crippen LogP contribution in [0.15, 0.2) is 12.1 Å². The van der Waals surface area contributed by atoms with Gasteiger partial charge in [-0.15, -0.1) is 0 Å². The van der Waals surface area contributed by atoms with Crippen molar-refractivity contribution in [1.29, 1.82) is 0 Å². The Morgan fingerprint density at radius 1 is 1.35 bits per heavy atom. The van der Waals surface area contributed by atoms with Gasteiger partial charge in [0.05, 0.1) is 12.8 Å². The van der Waals surface area contributed by atoms with E-state index in [1.165, 1.54) is 7.11 Å². The molecule has 0 spiro atoms. The summed E-state index contributed by atoms with van der Waals surface area (Å²) in [5, 5.41) is 20.3. The molecular weight excluding hydrogens is 268 g/mol. The zero-order valence-corrected chi connectivity index (χ0v) is 11.7. The number of hydrogen-bond acceptors (Lipinski definition) is 5. The largest absolute Gasteiger partial charge is 0.495 e. The van der Waals surface area contributed by atoms with Gasteiger partial charge in [0.1, 0.15) is 17.2 Å². The number of halogens is 1. The summed E-state index contributed by atoms with van der Waals surface area (Å²) < 4.78 is 23.6. The van der Waals surface area contributed by atoms with Gasteiger partial charge in [-0.2, -0.15) is 0 Å². The highest BCUT2D eigenvalue weighted by Crippen LogP contribution is 2.24. The third-order valence-electron chi connectivity index (χ3n) is 2.23. The van der Waals surface area contributed by atoms with Crippen LogP contribution in [0.2, 0.25) is 0 Å². The standard InChI is InChI=1S/C12H17BFNO5/c1-12(2,3)20-11(16)15-9-6-8(14)7(13(17)18)5-10(9)19-4/h5-6,17-18H,1-4H3,(H,15,16). The van der Waals surface area contributed by atoms with Crippen molar-refractivity contribution in [2.45, 2.75) is 26.4 Å². The predicted molar refractivity (Wildman–Crippen MR) is 72.6 cm³/mol. The first kappa shape index (κ1) is 16.3. The van der Waals surface area contributed by atoms with Crippen molar-refractivity contribution in [3.8, 4) is 5.75 Å². The number of hydrogen-bond donors (Lipinski definition) is 3. The van der Waals surface area contributed by atoms with E-state index in [1.54, 1.807) is 20.8 Å². The van der Waals surface area contributed by atoms with Crippen molar-refractivity contribution >= 4 is 24.4 Å². The van der Waals surface area contributed by atoms with Gasteiger partial charge in [-0.3, -0.25) is 5.32 Å².